The molecule has 0 aromatic heterocycles. The lowest BCUT2D eigenvalue weighted by Crippen LogP contribution is -2.60. The topological polar surface area (TPSA) is 153 Å². The van der Waals surface area contributed by atoms with E-state index in [1.54, 1.807) is 6.08 Å². The summed E-state index contributed by atoms with van der Waals surface area (Å²) in [6.07, 6.45) is -5.06. The molecule has 0 radical (unpaired) electrons. The molecule has 0 saturated carbocycles. The van der Waals surface area contributed by atoms with Crippen LogP contribution in [0.3, 0.4) is 0 Å². The molecule has 32 heavy (non-hydrogen) atoms. The molecule has 4 N–H and O–H groups in total. The predicted octanol–water partition coefficient (Wildman–Crippen LogP) is -0.824. The first-order valence-electron chi connectivity index (χ1n) is 10.6. The van der Waals surface area contributed by atoms with E-state index in [2.05, 4.69) is 6.58 Å². The van der Waals surface area contributed by atoms with E-state index in [1.165, 1.54) is 13.4 Å². The Morgan fingerprint density at radius 1 is 1.22 bits per heavy atom. The fraction of sp³-hybridized carbons (Fsp3) is 0.762. The van der Waals surface area contributed by atoms with Gasteiger partial charge in [-0.2, -0.15) is 0 Å². The van der Waals surface area contributed by atoms with Gasteiger partial charge < -0.3 is 48.8 Å². The Balaban J connectivity index is 1.80. The molecule has 2 saturated heterocycles. The molecule has 3 heterocycles. The number of hydrogen-bond acceptors (Lipinski definition) is 11. The van der Waals surface area contributed by atoms with E-state index in [9.17, 15) is 25.2 Å². The minimum atomic E-state index is -1.60. The number of methoxy groups -OCH3 is 1. The lowest BCUT2D eigenvalue weighted by molar-refractivity contribution is -0.340. The fourth-order valence-electron chi connectivity index (χ4n) is 4.09. The molecule has 11 heteroatoms. The summed E-state index contributed by atoms with van der Waals surface area (Å²) in [6.45, 7) is 5.70. The summed E-state index contributed by atoms with van der Waals surface area (Å²) in [4.78, 5) is 12.4. The van der Waals surface area contributed by atoms with Crippen molar-refractivity contribution in [2.75, 3.05) is 20.3 Å². The Bertz CT molecular complexity index is 681. The number of rotatable bonds is 7. The molecule has 2 fully saturated rings. The van der Waals surface area contributed by atoms with Crippen LogP contribution >= 0.6 is 0 Å². The van der Waals surface area contributed by atoms with Gasteiger partial charge in [-0.05, 0) is 13.3 Å². The Labute approximate surface area is 186 Å². The summed E-state index contributed by atoms with van der Waals surface area (Å²) in [5.41, 5.74) is 0.247. The highest BCUT2D eigenvalue weighted by atomic mass is 16.8. The number of esters is 1. The smallest absolute Gasteiger partial charge is 0.337 e. The van der Waals surface area contributed by atoms with Gasteiger partial charge in [-0.25, -0.2) is 4.79 Å². The molecular weight excluding hydrogens is 428 g/mol. The molecule has 11 nitrogen and oxygen atoms in total. The van der Waals surface area contributed by atoms with E-state index in [4.69, 9.17) is 28.4 Å². The van der Waals surface area contributed by atoms with Gasteiger partial charge in [0.15, 0.2) is 12.6 Å². The average molecular weight is 460 g/mol. The first-order valence-corrected chi connectivity index (χ1v) is 10.6. The Morgan fingerprint density at radius 2 is 1.97 bits per heavy atom. The number of carbonyl (C=O) groups is 1. The zero-order chi connectivity index (χ0) is 23.4. The standard InChI is InChI=1S/C21H32O11/c1-4-11-12(7-15-28-6-5-10(2)30-15)13(19(26)27-3)9-29-20(11)32-21-18(25)17(24)16(23)14(8-22)31-21/h4,9-12,14-18,20-25H,1,5-8H2,2-3H3. The first kappa shape index (κ1) is 25.1. The van der Waals surface area contributed by atoms with Crippen molar-refractivity contribution >= 4 is 5.97 Å². The molecule has 0 spiro atoms. The van der Waals surface area contributed by atoms with Crippen LogP contribution in [0.25, 0.3) is 0 Å². The third kappa shape index (κ3) is 5.32. The fourth-order valence-corrected chi connectivity index (χ4v) is 4.09. The zero-order valence-corrected chi connectivity index (χ0v) is 18.1. The van der Waals surface area contributed by atoms with Crippen LogP contribution in [-0.2, 0) is 33.2 Å². The van der Waals surface area contributed by atoms with E-state index in [1.807, 2.05) is 6.92 Å². The number of aliphatic hydroxyl groups is 4. The monoisotopic (exact) mass is 460 g/mol. The molecule has 0 amide bonds. The van der Waals surface area contributed by atoms with E-state index in [0.717, 1.165) is 6.42 Å². The van der Waals surface area contributed by atoms with Gasteiger partial charge in [0.25, 0.3) is 0 Å². The maximum atomic E-state index is 12.4. The molecule has 3 aliphatic rings. The highest BCUT2D eigenvalue weighted by molar-refractivity contribution is 5.88. The Morgan fingerprint density at radius 3 is 2.59 bits per heavy atom. The second-order valence-electron chi connectivity index (χ2n) is 8.09. The van der Waals surface area contributed by atoms with Gasteiger partial charge in [0.2, 0.25) is 6.29 Å². The van der Waals surface area contributed by atoms with Gasteiger partial charge in [0.05, 0.1) is 38.3 Å². The molecule has 0 bridgehead atoms. The quantitative estimate of drug-likeness (QED) is 0.278. The third-order valence-electron chi connectivity index (χ3n) is 5.98. The SMILES string of the molecule is C=CC1C(OC2OC(CO)C(O)C(O)C2O)OC=C(C(=O)OC)C1CC1OCCC(C)O1. The molecule has 3 aliphatic heterocycles. The van der Waals surface area contributed by atoms with Gasteiger partial charge >= 0.3 is 5.97 Å². The molecular formula is C21H32O11. The Kier molecular flexibility index (Phi) is 8.64. The van der Waals surface area contributed by atoms with Gasteiger partial charge in [-0.1, -0.05) is 6.08 Å². The van der Waals surface area contributed by atoms with Crippen molar-refractivity contribution in [1.29, 1.82) is 0 Å². The maximum absolute atomic E-state index is 12.4. The zero-order valence-electron chi connectivity index (χ0n) is 18.1. The first-order chi connectivity index (χ1) is 15.3. The van der Waals surface area contributed by atoms with Crippen molar-refractivity contribution in [3.63, 3.8) is 0 Å². The lowest BCUT2D eigenvalue weighted by atomic mass is 9.81. The molecule has 10 atom stereocenters. The highest BCUT2D eigenvalue weighted by Crippen LogP contribution is 2.38. The lowest BCUT2D eigenvalue weighted by Gasteiger charge is -2.43. The molecule has 0 aliphatic carbocycles. The molecule has 10 unspecified atom stereocenters. The average Bonchev–Trinajstić information content (AvgIpc) is 2.79. The largest absolute Gasteiger partial charge is 0.471 e. The Hall–Kier alpha value is -1.57. The maximum Gasteiger partial charge on any atom is 0.337 e. The summed E-state index contributed by atoms with van der Waals surface area (Å²) in [5.74, 6) is -1.71. The van der Waals surface area contributed by atoms with E-state index >= 15 is 0 Å². The summed E-state index contributed by atoms with van der Waals surface area (Å²) in [7, 11) is 1.26. The van der Waals surface area contributed by atoms with Gasteiger partial charge in [0.1, 0.15) is 24.4 Å². The van der Waals surface area contributed by atoms with Crippen LogP contribution in [0.4, 0.5) is 0 Å². The van der Waals surface area contributed by atoms with Crippen molar-refractivity contribution in [1.82, 2.24) is 0 Å². The number of carbonyl (C=O) groups excluding carboxylic acids is 1. The van der Waals surface area contributed by atoms with Crippen LogP contribution in [0.15, 0.2) is 24.5 Å². The molecule has 0 aromatic carbocycles. The van der Waals surface area contributed by atoms with Crippen molar-refractivity contribution < 1.29 is 53.6 Å². The van der Waals surface area contributed by atoms with Crippen LogP contribution in [0, 0.1) is 11.8 Å². The third-order valence-corrected chi connectivity index (χ3v) is 5.98. The highest BCUT2D eigenvalue weighted by Gasteiger charge is 2.48. The van der Waals surface area contributed by atoms with Crippen molar-refractivity contribution in [2.45, 2.75) is 69.2 Å². The number of aliphatic hydroxyl groups excluding tert-OH is 4. The normalized spacial score (nSPS) is 42.5. The van der Waals surface area contributed by atoms with Crippen molar-refractivity contribution in [3.05, 3.63) is 24.5 Å². The van der Waals surface area contributed by atoms with Gasteiger partial charge in [-0.3, -0.25) is 0 Å². The van der Waals surface area contributed by atoms with Crippen LogP contribution in [-0.4, -0.2) is 96.1 Å². The number of ether oxygens (including phenoxy) is 6. The molecule has 182 valence electrons. The summed E-state index contributed by atoms with van der Waals surface area (Å²) in [5, 5.41) is 39.7. The van der Waals surface area contributed by atoms with Gasteiger partial charge in [0, 0.05) is 18.3 Å². The second kappa shape index (κ2) is 11.0. The predicted molar refractivity (Wildman–Crippen MR) is 107 cm³/mol. The summed E-state index contributed by atoms with van der Waals surface area (Å²) < 4.78 is 33.2. The van der Waals surface area contributed by atoms with Gasteiger partial charge in [-0.15, -0.1) is 6.58 Å². The minimum Gasteiger partial charge on any atom is -0.471 e. The van der Waals surface area contributed by atoms with Crippen molar-refractivity contribution in [2.24, 2.45) is 11.8 Å². The van der Waals surface area contributed by atoms with E-state index < -0.39 is 67.7 Å². The molecule has 3 rings (SSSR count). The van der Waals surface area contributed by atoms with Crippen LogP contribution in [0.1, 0.15) is 19.8 Å². The van der Waals surface area contributed by atoms with E-state index in [0.29, 0.717) is 13.0 Å². The molecule has 0 aromatic rings. The number of hydrogen-bond donors (Lipinski definition) is 4. The second-order valence-corrected chi connectivity index (χ2v) is 8.09. The van der Waals surface area contributed by atoms with Crippen molar-refractivity contribution in [3.8, 4) is 0 Å². The van der Waals surface area contributed by atoms with Crippen LogP contribution in [0.5, 0.6) is 0 Å². The minimum absolute atomic E-state index is 0.00231. The van der Waals surface area contributed by atoms with Crippen LogP contribution < -0.4 is 0 Å². The summed E-state index contributed by atoms with van der Waals surface area (Å²) >= 11 is 0. The summed E-state index contributed by atoms with van der Waals surface area (Å²) in [6, 6.07) is 0. The van der Waals surface area contributed by atoms with E-state index in [-0.39, 0.29) is 11.7 Å². The van der Waals surface area contributed by atoms with Crippen LogP contribution in [0.2, 0.25) is 0 Å².